The average molecular weight is 480 g/mol. The summed E-state index contributed by atoms with van der Waals surface area (Å²) in [6.45, 7) is 0. The van der Waals surface area contributed by atoms with Gasteiger partial charge in [0.2, 0.25) is 0 Å². The summed E-state index contributed by atoms with van der Waals surface area (Å²) in [7, 11) is 0. The van der Waals surface area contributed by atoms with Crippen molar-refractivity contribution < 1.29 is 0 Å². The van der Waals surface area contributed by atoms with Gasteiger partial charge in [0.05, 0.1) is 0 Å². The van der Waals surface area contributed by atoms with E-state index in [9.17, 15) is 0 Å². The molecular formula is C32H25N5. The van der Waals surface area contributed by atoms with Crippen LogP contribution in [0.5, 0.6) is 0 Å². The maximum atomic E-state index is 5.01. The molecule has 1 fully saturated rings. The molecule has 1 aromatic heterocycles. The highest BCUT2D eigenvalue weighted by Gasteiger charge is 2.45. The van der Waals surface area contributed by atoms with Crippen LogP contribution < -0.4 is 15.5 Å². The molecular weight excluding hydrogens is 454 g/mol. The topological polar surface area (TPSA) is 55.5 Å². The molecule has 3 atom stereocenters. The van der Waals surface area contributed by atoms with E-state index in [0.717, 1.165) is 11.4 Å². The molecule has 0 radical (unpaired) electrons. The van der Waals surface area contributed by atoms with Gasteiger partial charge in [-0.2, -0.15) is 0 Å². The fourth-order valence-electron chi connectivity index (χ4n) is 5.68. The molecule has 3 unspecified atom stereocenters. The molecule has 5 aromatic carbocycles. The summed E-state index contributed by atoms with van der Waals surface area (Å²) in [5, 5.41) is 13.6. The van der Waals surface area contributed by atoms with Crippen molar-refractivity contribution in [2.75, 3.05) is 4.90 Å². The number of anilines is 1. The summed E-state index contributed by atoms with van der Waals surface area (Å²) in [5.74, 6) is 0.974. The van der Waals surface area contributed by atoms with Gasteiger partial charge in [-0.1, -0.05) is 78.9 Å². The second-order valence-corrected chi connectivity index (χ2v) is 9.90. The summed E-state index contributed by atoms with van der Waals surface area (Å²) in [5.41, 5.74) is 4.73. The molecule has 37 heavy (non-hydrogen) atoms. The Morgan fingerprint density at radius 1 is 0.595 bits per heavy atom. The van der Waals surface area contributed by atoms with Crippen molar-refractivity contribution in [3.8, 4) is 0 Å². The van der Waals surface area contributed by atoms with Crippen LogP contribution in [0, 0.1) is 0 Å². The maximum Gasteiger partial charge on any atom is 0.147 e. The Hall–Kier alpha value is -4.61. The number of aliphatic imine (C=N–C) groups is 1. The number of aromatic amines is 1. The van der Waals surface area contributed by atoms with E-state index >= 15 is 0 Å². The smallest absolute Gasteiger partial charge is 0.147 e. The first-order valence-electron chi connectivity index (χ1n) is 12.7. The lowest BCUT2D eigenvalue weighted by Crippen LogP contribution is -2.71. The quantitative estimate of drug-likeness (QED) is 0.267. The normalized spacial score (nSPS) is 20.9. The highest BCUT2D eigenvalue weighted by Crippen LogP contribution is 2.39. The summed E-state index contributed by atoms with van der Waals surface area (Å²) in [6.07, 6.45) is 2.00. The molecule has 0 spiro atoms. The molecule has 2 aliphatic rings. The predicted octanol–water partition coefficient (Wildman–Crippen LogP) is 6.61. The molecule has 1 saturated heterocycles. The van der Waals surface area contributed by atoms with Gasteiger partial charge in [0, 0.05) is 17.4 Å². The maximum absolute atomic E-state index is 5.01. The van der Waals surface area contributed by atoms with Crippen LogP contribution in [0.4, 0.5) is 5.69 Å². The highest BCUT2D eigenvalue weighted by atomic mass is 15.5. The van der Waals surface area contributed by atoms with Gasteiger partial charge in [-0.25, -0.2) is 4.99 Å². The third kappa shape index (κ3) is 3.32. The van der Waals surface area contributed by atoms with Crippen molar-refractivity contribution in [2.24, 2.45) is 4.99 Å². The summed E-state index contributed by atoms with van der Waals surface area (Å²) in [6, 6.07) is 39.1. The molecule has 0 amide bonds. The van der Waals surface area contributed by atoms with E-state index in [4.69, 9.17) is 4.99 Å². The lowest BCUT2D eigenvalue weighted by Gasteiger charge is -2.53. The Morgan fingerprint density at radius 2 is 1.27 bits per heavy atom. The van der Waals surface area contributed by atoms with E-state index in [0.29, 0.717) is 0 Å². The molecule has 0 saturated carbocycles. The minimum Gasteiger partial charge on any atom is -0.361 e. The fraction of sp³-hybridized carbons (Fsp3) is 0.0938. The van der Waals surface area contributed by atoms with Crippen LogP contribution in [-0.4, -0.2) is 17.0 Å². The van der Waals surface area contributed by atoms with Crippen LogP contribution in [-0.2, 0) is 0 Å². The number of nitrogens with zero attached hydrogens (tertiary/aromatic N) is 2. The summed E-state index contributed by atoms with van der Waals surface area (Å²) >= 11 is 0. The number of nitrogens with one attached hydrogen (secondary N) is 3. The molecule has 5 heteroatoms. The van der Waals surface area contributed by atoms with Gasteiger partial charge < -0.3 is 15.2 Å². The lowest BCUT2D eigenvalue weighted by atomic mass is 9.98. The van der Waals surface area contributed by atoms with E-state index < -0.39 is 0 Å². The van der Waals surface area contributed by atoms with Crippen LogP contribution in [0.3, 0.4) is 0 Å². The van der Waals surface area contributed by atoms with E-state index in [1.807, 2.05) is 6.20 Å². The van der Waals surface area contributed by atoms with E-state index in [1.54, 1.807) is 0 Å². The number of hydrogen-bond acceptors (Lipinski definition) is 4. The van der Waals surface area contributed by atoms with Gasteiger partial charge in [0.1, 0.15) is 24.3 Å². The van der Waals surface area contributed by atoms with E-state index in [2.05, 4.69) is 130 Å². The Bertz CT molecular complexity index is 1830. The molecule has 178 valence electrons. The first-order valence-corrected chi connectivity index (χ1v) is 12.7. The summed E-state index contributed by atoms with van der Waals surface area (Å²) < 4.78 is 0. The number of benzene rings is 5. The van der Waals surface area contributed by atoms with Crippen LogP contribution in [0.25, 0.3) is 32.4 Å². The third-order valence-electron chi connectivity index (χ3n) is 7.70. The Kier molecular flexibility index (Phi) is 4.42. The zero-order valence-electron chi connectivity index (χ0n) is 20.1. The van der Waals surface area contributed by atoms with Gasteiger partial charge in [-0.15, -0.1) is 0 Å². The number of fused-ring (bicyclic) bond motifs is 3. The van der Waals surface area contributed by atoms with Gasteiger partial charge in [-0.3, -0.25) is 5.32 Å². The molecule has 0 aliphatic carbocycles. The Morgan fingerprint density at radius 3 is 2.08 bits per heavy atom. The minimum atomic E-state index is -0.0253. The monoisotopic (exact) mass is 479 g/mol. The Balaban J connectivity index is 1.15. The lowest BCUT2D eigenvalue weighted by molar-refractivity contribution is 0.318. The standard InChI is InChI=1S/C32H25N5/c1-3-7-23-17-26(12-9-20(23)5-1)31-36-32(37(31)27-14-13-21-6-2-4-8-24(21)18-27)30-34-29(35-30)25-11-10-22-15-16-33-28(22)19-25/h1-19,29,31-33,36H,(H,34,35). The van der Waals surface area contributed by atoms with Crippen molar-refractivity contribution in [3.63, 3.8) is 0 Å². The number of amidine groups is 1. The first kappa shape index (κ1) is 20.6. The van der Waals surface area contributed by atoms with Crippen molar-refractivity contribution in [1.82, 2.24) is 15.6 Å². The second kappa shape index (κ2) is 7.95. The zero-order valence-corrected chi connectivity index (χ0v) is 20.1. The van der Waals surface area contributed by atoms with Crippen LogP contribution in [0.15, 0.2) is 120 Å². The molecule has 6 aromatic rings. The van der Waals surface area contributed by atoms with Crippen molar-refractivity contribution in [1.29, 1.82) is 0 Å². The summed E-state index contributed by atoms with van der Waals surface area (Å²) in [4.78, 5) is 10.7. The number of H-pyrrole nitrogens is 1. The number of hydrogen-bond donors (Lipinski definition) is 3. The van der Waals surface area contributed by atoms with E-state index in [-0.39, 0.29) is 18.5 Å². The van der Waals surface area contributed by atoms with Gasteiger partial charge in [-0.05, 0) is 68.4 Å². The van der Waals surface area contributed by atoms with Crippen LogP contribution >= 0.6 is 0 Å². The molecule has 0 bridgehead atoms. The van der Waals surface area contributed by atoms with Crippen molar-refractivity contribution >= 4 is 44.0 Å². The molecule has 5 nitrogen and oxygen atoms in total. The average Bonchev–Trinajstić information content (AvgIpc) is 3.37. The molecule has 3 N–H and O–H groups in total. The van der Waals surface area contributed by atoms with Gasteiger partial charge >= 0.3 is 0 Å². The number of aromatic nitrogens is 1. The highest BCUT2D eigenvalue weighted by molar-refractivity contribution is 5.97. The largest absolute Gasteiger partial charge is 0.361 e. The predicted molar refractivity (Wildman–Crippen MR) is 152 cm³/mol. The van der Waals surface area contributed by atoms with Crippen LogP contribution in [0.2, 0.25) is 0 Å². The fourth-order valence-corrected chi connectivity index (χ4v) is 5.68. The zero-order chi connectivity index (χ0) is 24.3. The molecule has 3 heterocycles. The second-order valence-electron chi connectivity index (χ2n) is 9.90. The number of rotatable bonds is 4. The minimum absolute atomic E-state index is 0.0110. The first-order chi connectivity index (χ1) is 18.3. The Labute approximate surface area is 214 Å². The van der Waals surface area contributed by atoms with Crippen molar-refractivity contribution in [3.05, 3.63) is 127 Å². The van der Waals surface area contributed by atoms with Gasteiger partial charge in [0.15, 0.2) is 0 Å². The van der Waals surface area contributed by atoms with E-state index in [1.165, 1.54) is 43.7 Å². The van der Waals surface area contributed by atoms with Crippen molar-refractivity contribution in [2.45, 2.75) is 18.5 Å². The van der Waals surface area contributed by atoms with Crippen LogP contribution in [0.1, 0.15) is 23.5 Å². The third-order valence-corrected chi connectivity index (χ3v) is 7.70. The molecule has 2 aliphatic heterocycles. The van der Waals surface area contributed by atoms with Gasteiger partial charge in [0.25, 0.3) is 0 Å². The SMILES string of the molecule is c1ccc2cc(C3NC(C4=NC(c5ccc6cc[nH]c6c5)N4)N3c3ccc4ccccc4c3)ccc2c1. The molecule has 8 rings (SSSR count).